The zero-order valence-corrected chi connectivity index (χ0v) is 18.5. The molecule has 1 N–H and O–H groups in total. The summed E-state index contributed by atoms with van der Waals surface area (Å²) in [5.41, 5.74) is 2.90. The molecule has 0 bridgehead atoms. The molecule has 0 unspecified atom stereocenters. The fourth-order valence-electron chi connectivity index (χ4n) is 4.72. The Morgan fingerprint density at radius 2 is 1.65 bits per heavy atom. The Labute approximate surface area is 184 Å². The second-order valence-corrected chi connectivity index (χ2v) is 8.66. The lowest BCUT2D eigenvalue weighted by atomic mass is 9.76. The van der Waals surface area contributed by atoms with Crippen molar-refractivity contribution >= 4 is 11.8 Å². The molecule has 0 aromatic heterocycles. The van der Waals surface area contributed by atoms with Crippen molar-refractivity contribution in [2.45, 2.75) is 71.1 Å². The van der Waals surface area contributed by atoms with Crippen molar-refractivity contribution in [2.24, 2.45) is 5.92 Å². The van der Waals surface area contributed by atoms with Crippen molar-refractivity contribution in [3.8, 4) is 11.1 Å². The summed E-state index contributed by atoms with van der Waals surface area (Å²) in [7, 11) is 0. The summed E-state index contributed by atoms with van der Waals surface area (Å²) in [4.78, 5) is 11.8. The van der Waals surface area contributed by atoms with E-state index in [9.17, 15) is 18.7 Å². The number of carboxylic acid groups (broad SMARTS) is 1. The number of halogens is 2. The van der Waals surface area contributed by atoms with Crippen LogP contribution in [0, 0.1) is 5.92 Å². The molecule has 1 aliphatic carbocycles. The Kier molecular flexibility index (Phi) is 8.00. The second kappa shape index (κ2) is 10.7. The van der Waals surface area contributed by atoms with E-state index in [1.807, 2.05) is 12.1 Å². The van der Waals surface area contributed by atoms with Crippen LogP contribution in [-0.2, 0) is 0 Å². The average Bonchev–Trinajstić information content (AvgIpc) is 2.79. The lowest BCUT2D eigenvalue weighted by Gasteiger charge is -2.29. The van der Waals surface area contributed by atoms with E-state index in [-0.39, 0.29) is 17.5 Å². The molecule has 0 amide bonds. The summed E-state index contributed by atoms with van der Waals surface area (Å²) in [6.45, 7) is 4.03. The molecular formula is C27H32F2O2. The van der Waals surface area contributed by atoms with E-state index in [2.05, 4.69) is 6.92 Å². The van der Waals surface area contributed by atoms with Crippen LogP contribution in [0.2, 0.25) is 0 Å². The van der Waals surface area contributed by atoms with Crippen LogP contribution in [0.4, 0.5) is 8.78 Å². The molecule has 2 aromatic carbocycles. The highest BCUT2D eigenvalue weighted by molar-refractivity contribution is 5.96. The van der Waals surface area contributed by atoms with E-state index in [1.54, 1.807) is 25.1 Å². The van der Waals surface area contributed by atoms with E-state index in [1.165, 1.54) is 43.4 Å². The van der Waals surface area contributed by atoms with Gasteiger partial charge in [-0.1, -0.05) is 63.1 Å². The lowest BCUT2D eigenvalue weighted by molar-refractivity contribution is 0.0697. The van der Waals surface area contributed by atoms with Gasteiger partial charge in [0.2, 0.25) is 0 Å². The van der Waals surface area contributed by atoms with E-state index >= 15 is 0 Å². The molecular weight excluding hydrogens is 394 g/mol. The SMILES string of the molecule is CCC/C(F)=C(\F)c1ccc(-c2cc(C3CCC(CCC)CC3)ccc2C(=O)O)cc1. The van der Waals surface area contributed by atoms with Gasteiger partial charge in [-0.15, -0.1) is 0 Å². The first-order chi connectivity index (χ1) is 14.9. The predicted octanol–water partition coefficient (Wildman–Crippen LogP) is 8.53. The van der Waals surface area contributed by atoms with Gasteiger partial charge in [-0.05, 0) is 66.7 Å². The third kappa shape index (κ3) is 5.61. The summed E-state index contributed by atoms with van der Waals surface area (Å²) < 4.78 is 28.1. The van der Waals surface area contributed by atoms with Crippen molar-refractivity contribution in [1.29, 1.82) is 0 Å². The van der Waals surface area contributed by atoms with E-state index in [4.69, 9.17) is 0 Å². The Morgan fingerprint density at radius 1 is 0.968 bits per heavy atom. The molecule has 166 valence electrons. The first kappa shape index (κ1) is 23.2. The Hall–Kier alpha value is -2.49. The molecule has 0 spiro atoms. The van der Waals surface area contributed by atoms with Gasteiger partial charge in [0.15, 0.2) is 5.83 Å². The van der Waals surface area contributed by atoms with Crippen LogP contribution in [0.15, 0.2) is 48.3 Å². The van der Waals surface area contributed by atoms with Gasteiger partial charge in [0.25, 0.3) is 0 Å². The van der Waals surface area contributed by atoms with Crippen molar-refractivity contribution in [2.75, 3.05) is 0 Å². The molecule has 1 aliphatic rings. The Bertz CT molecular complexity index is 923. The summed E-state index contributed by atoms with van der Waals surface area (Å²) in [5, 5.41) is 9.68. The van der Waals surface area contributed by atoms with Gasteiger partial charge in [-0.25, -0.2) is 13.6 Å². The number of benzene rings is 2. The summed E-state index contributed by atoms with van der Waals surface area (Å²) >= 11 is 0. The van der Waals surface area contributed by atoms with E-state index < -0.39 is 17.6 Å². The lowest BCUT2D eigenvalue weighted by Crippen LogP contribution is -2.13. The third-order valence-electron chi connectivity index (χ3n) is 6.45. The van der Waals surface area contributed by atoms with Crippen molar-refractivity contribution in [1.82, 2.24) is 0 Å². The van der Waals surface area contributed by atoms with E-state index in [0.717, 1.165) is 18.8 Å². The number of carboxylic acids is 1. The second-order valence-electron chi connectivity index (χ2n) is 8.66. The molecule has 4 heteroatoms. The minimum atomic E-state index is -0.989. The molecule has 2 nitrogen and oxygen atoms in total. The van der Waals surface area contributed by atoms with Gasteiger partial charge < -0.3 is 5.11 Å². The molecule has 1 saturated carbocycles. The maximum atomic E-state index is 14.3. The number of aromatic carboxylic acids is 1. The topological polar surface area (TPSA) is 37.3 Å². The van der Waals surface area contributed by atoms with Crippen molar-refractivity contribution < 1.29 is 18.7 Å². The fourth-order valence-corrected chi connectivity index (χ4v) is 4.72. The highest BCUT2D eigenvalue weighted by atomic mass is 19.2. The van der Waals surface area contributed by atoms with Crippen LogP contribution in [0.5, 0.6) is 0 Å². The Morgan fingerprint density at radius 3 is 2.23 bits per heavy atom. The molecule has 0 atom stereocenters. The molecule has 0 aliphatic heterocycles. The number of rotatable bonds is 8. The monoisotopic (exact) mass is 426 g/mol. The van der Waals surface area contributed by atoms with Gasteiger partial charge in [0, 0.05) is 12.0 Å². The van der Waals surface area contributed by atoms with Gasteiger partial charge >= 0.3 is 5.97 Å². The maximum Gasteiger partial charge on any atom is 0.336 e. The molecule has 0 saturated heterocycles. The highest BCUT2D eigenvalue weighted by Gasteiger charge is 2.23. The number of hydrogen-bond donors (Lipinski definition) is 1. The fraction of sp³-hybridized carbons (Fsp3) is 0.444. The average molecular weight is 427 g/mol. The normalized spacial score (nSPS) is 19.7. The van der Waals surface area contributed by atoms with Crippen LogP contribution in [0.25, 0.3) is 17.0 Å². The molecule has 31 heavy (non-hydrogen) atoms. The zero-order valence-electron chi connectivity index (χ0n) is 18.5. The summed E-state index contributed by atoms with van der Waals surface area (Å²) in [6, 6.07) is 12.0. The first-order valence-corrected chi connectivity index (χ1v) is 11.5. The minimum absolute atomic E-state index is 0.0687. The molecule has 0 radical (unpaired) electrons. The largest absolute Gasteiger partial charge is 0.478 e. The summed E-state index contributed by atoms with van der Waals surface area (Å²) in [5.74, 6) is -1.33. The third-order valence-corrected chi connectivity index (χ3v) is 6.45. The zero-order chi connectivity index (χ0) is 22.4. The predicted molar refractivity (Wildman–Crippen MR) is 122 cm³/mol. The molecule has 3 rings (SSSR count). The van der Waals surface area contributed by atoms with Crippen LogP contribution in [0.1, 0.15) is 92.6 Å². The van der Waals surface area contributed by atoms with Crippen molar-refractivity contribution in [3.05, 3.63) is 65.0 Å². The van der Waals surface area contributed by atoms with Gasteiger partial charge in [0.1, 0.15) is 5.83 Å². The quantitative estimate of drug-likeness (QED) is 0.459. The van der Waals surface area contributed by atoms with Gasteiger partial charge in [-0.3, -0.25) is 0 Å². The van der Waals surface area contributed by atoms with E-state index in [0.29, 0.717) is 23.5 Å². The van der Waals surface area contributed by atoms with Crippen molar-refractivity contribution in [3.63, 3.8) is 0 Å². The van der Waals surface area contributed by atoms with Gasteiger partial charge in [-0.2, -0.15) is 0 Å². The molecule has 2 aromatic rings. The standard InChI is InChI=1S/C27H32F2O2/c1-3-5-18-7-9-19(10-8-18)22-15-16-23(27(30)31)24(17-22)20-11-13-21(14-12-20)26(29)25(28)6-4-2/h11-19H,3-10H2,1-2H3,(H,30,31)/b26-25+. The number of carbonyl (C=O) groups is 1. The summed E-state index contributed by atoms with van der Waals surface area (Å²) in [6.07, 6.45) is 7.81. The molecule has 1 fully saturated rings. The smallest absolute Gasteiger partial charge is 0.336 e. The molecule has 0 heterocycles. The van der Waals surface area contributed by atoms with Gasteiger partial charge in [0.05, 0.1) is 5.56 Å². The van der Waals surface area contributed by atoms with Crippen LogP contribution in [0.3, 0.4) is 0 Å². The minimum Gasteiger partial charge on any atom is -0.478 e. The highest BCUT2D eigenvalue weighted by Crippen LogP contribution is 2.39. The number of allylic oxidation sites excluding steroid dienone is 1. The van der Waals surface area contributed by atoms with Crippen LogP contribution >= 0.6 is 0 Å². The first-order valence-electron chi connectivity index (χ1n) is 11.5. The van der Waals surface area contributed by atoms with Crippen LogP contribution < -0.4 is 0 Å². The Balaban J connectivity index is 1.88. The van der Waals surface area contributed by atoms with Crippen LogP contribution in [-0.4, -0.2) is 11.1 Å². The number of hydrogen-bond acceptors (Lipinski definition) is 1. The maximum absolute atomic E-state index is 14.3.